The second kappa shape index (κ2) is 11.9. The van der Waals surface area contributed by atoms with Gasteiger partial charge in [0.1, 0.15) is 0 Å². The zero-order valence-electron chi connectivity index (χ0n) is 19.9. The van der Waals surface area contributed by atoms with Gasteiger partial charge in [-0.2, -0.15) is 0 Å². The van der Waals surface area contributed by atoms with Crippen LogP contribution in [0.3, 0.4) is 0 Å². The first-order chi connectivity index (χ1) is 16.9. The molecule has 0 unspecified atom stereocenters. The van der Waals surface area contributed by atoms with Crippen molar-refractivity contribution in [1.29, 1.82) is 0 Å². The molecule has 2 aromatic rings. The highest BCUT2D eigenvalue weighted by molar-refractivity contribution is 6.22. The largest absolute Gasteiger partial charge is 0.450 e. The summed E-state index contributed by atoms with van der Waals surface area (Å²) < 4.78 is 4.83. The van der Waals surface area contributed by atoms with Crippen molar-refractivity contribution in [3.05, 3.63) is 70.8 Å². The fourth-order valence-corrected chi connectivity index (χ4v) is 3.81. The summed E-state index contributed by atoms with van der Waals surface area (Å²) in [6, 6.07) is 13.8. The lowest BCUT2D eigenvalue weighted by molar-refractivity contribution is 0.0634. The highest BCUT2D eigenvalue weighted by Gasteiger charge is 2.35. The van der Waals surface area contributed by atoms with Gasteiger partial charge in [-0.05, 0) is 43.5 Å². The second-order valence-electron chi connectivity index (χ2n) is 8.06. The molecule has 5 amide bonds. The van der Waals surface area contributed by atoms with E-state index in [1.807, 2.05) is 6.92 Å². The normalized spacial score (nSPS) is 13.9. The standard InChI is InChI=1S/C14H16N2O4.C12H13NO2/c1-15-14(19)20-9-5-4-8-16-12(17)10-6-2-3-7-11(10)13(16)18;1-2-3-8-13-11(14)9-6-4-5-7-10(9)12(13)15/h2-3,6-7H,4-5,8-9H2,1H3,(H,15,19);4-7H,2-3,8H2,1H3. The van der Waals surface area contributed by atoms with Gasteiger partial charge in [-0.1, -0.05) is 37.6 Å². The number of alkyl carbamates (subject to hydrolysis) is 1. The van der Waals surface area contributed by atoms with E-state index < -0.39 is 6.09 Å². The third-order valence-electron chi connectivity index (χ3n) is 5.70. The molecular formula is C26H29N3O6. The Kier molecular flexibility index (Phi) is 8.72. The fraction of sp³-hybridized carbons (Fsp3) is 0.346. The molecule has 1 N–H and O–H groups in total. The van der Waals surface area contributed by atoms with Crippen LogP contribution in [-0.2, 0) is 4.74 Å². The summed E-state index contributed by atoms with van der Waals surface area (Å²) in [7, 11) is 1.49. The lowest BCUT2D eigenvalue weighted by Gasteiger charge is -2.13. The number of unbranched alkanes of at least 4 members (excludes halogenated alkanes) is 2. The molecule has 4 rings (SSSR count). The summed E-state index contributed by atoms with van der Waals surface area (Å²) in [5, 5.41) is 2.34. The first kappa shape index (κ1) is 25.6. The molecule has 0 radical (unpaired) electrons. The van der Waals surface area contributed by atoms with E-state index in [9.17, 15) is 24.0 Å². The molecule has 35 heavy (non-hydrogen) atoms. The van der Waals surface area contributed by atoms with Crippen molar-refractivity contribution in [2.75, 3.05) is 26.7 Å². The number of amides is 5. The average molecular weight is 480 g/mol. The molecule has 0 saturated heterocycles. The molecule has 2 aliphatic rings. The molecule has 0 spiro atoms. The minimum absolute atomic E-state index is 0.149. The number of fused-ring (bicyclic) bond motifs is 2. The molecule has 0 atom stereocenters. The van der Waals surface area contributed by atoms with Crippen molar-refractivity contribution >= 4 is 29.7 Å². The number of carbonyl (C=O) groups is 5. The van der Waals surface area contributed by atoms with Gasteiger partial charge >= 0.3 is 6.09 Å². The summed E-state index contributed by atoms with van der Waals surface area (Å²) in [5.41, 5.74) is 2.00. The summed E-state index contributed by atoms with van der Waals surface area (Å²) in [6.45, 7) is 3.17. The number of benzene rings is 2. The molecule has 2 aliphatic heterocycles. The van der Waals surface area contributed by atoms with Crippen molar-refractivity contribution < 1.29 is 28.7 Å². The number of rotatable bonds is 8. The predicted molar refractivity (Wildman–Crippen MR) is 128 cm³/mol. The highest BCUT2D eigenvalue weighted by Crippen LogP contribution is 2.23. The van der Waals surface area contributed by atoms with Gasteiger partial charge in [-0.15, -0.1) is 0 Å². The van der Waals surface area contributed by atoms with E-state index in [1.165, 1.54) is 16.8 Å². The van der Waals surface area contributed by atoms with Crippen molar-refractivity contribution in [2.45, 2.75) is 32.6 Å². The van der Waals surface area contributed by atoms with E-state index in [4.69, 9.17) is 4.74 Å². The zero-order valence-corrected chi connectivity index (χ0v) is 19.9. The third kappa shape index (κ3) is 5.74. The summed E-state index contributed by atoms with van der Waals surface area (Å²) >= 11 is 0. The Morgan fingerprint density at radius 3 is 1.49 bits per heavy atom. The number of nitrogens with zero attached hydrogens (tertiary/aromatic N) is 2. The van der Waals surface area contributed by atoms with Crippen LogP contribution < -0.4 is 5.32 Å². The fourth-order valence-electron chi connectivity index (χ4n) is 3.81. The number of hydrogen-bond acceptors (Lipinski definition) is 6. The molecule has 0 fully saturated rings. The Bertz CT molecular complexity index is 1060. The quantitative estimate of drug-likeness (QED) is 0.458. The Morgan fingerprint density at radius 1 is 0.714 bits per heavy atom. The number of carbonyl (C=O) groups excluding carboxylic acids is 5. The van der Waals surface area contributed by atoms with Crippen LogP contribution in [0.15, 0.2) is 48.5 Å². The minimum atomic E-state index is -0.481. The Balaban J connectivity index is 0.000000203. The molecule has 9 nitrogen and oxygen atoms in total. The molecule has 0 aromatic heterocycles. The number of nitrogens with one attached hydrogen (secondary N) is 1. The van der Waals surface area contributed by atoms with Crippen LogP contribution in [0.25, 0.3) is 0 Å². The summed E-state index contributed by atoms with van der Waals surface area (Å²) in [4.78, 5) is 61.1. The van der Waals surface area contributed by atoms with Crippen LogP contribution in [0.5, 0.6) is 0 Å². The molecule has 2 heterocycles. The SMILES string of the molecule is CCCCN1C(=O)c2ccccc2C1=O.CNC(=O)OCCCCN1C(=O)c2ccccc2C1=O. The number of hydrogen-bond donors (Lipinski definition) is 1. The number of ether oxygens (including phenoxy) is 1. The van der Waals surface area contributed by atoms with E-state index in [-0.39, 0.29) is 30.2 Å². The maximum absolute atomic E-state index is 12.0. The van der Waals surface area contributed by atoms with Gasteiger partial charge in [-0.3, -0.25) is 29.0 Å². The molecule has 0 saturated carbocycles. The van der Waals surface area contributed by atoms with Gasteiger partial charge < -0.3 is 10.1 Å². The van der Waals surface area contributed by atoms with Crippen molar-refractivity contribution in [2.24, 2.45) is 0 Å². The molecule has 184 valence electrons. The van der Waals surface area contributed by atoms with E-state index in [0.29, 0.717) is 48.2 Å². The van der Waals surface area contributed by atoms with Gasteiger partial charge in [0.15, 0.2) is 0 Å². The second-order valence-corrected chi connectivity index (χ2v) is 8.06. The first-order valence-corrected chi connectivity index (χ1v) is 11.7. The highest BCUT2D eigenvalue weighted by atomic mass is 16.5. The van der Waals surface area contributed by atoms with Crippen LogP contribution in [0.2, 0.25) is 0 Å². The Morgan fingerprint density at radius 2 is 1.11 bits per heavy atom. The molecule has 9 heteroatoms. The smallest absolute Gasteiger partial charge is 0.406 e. The Labute approximate surface area is 204 Å². The maximum atomic E-state index is 12.0. The average Bonchev–Trinajstić information content (AvgIpc) is 3.27. The monoisotopic (exact) mass is 479 g/mol. The van der Waals surface area contributed by atoms with Crippen molar-refractivity contribution in [1.82, 2.24) is 15.1 Å². The minimum Gasteiger partial charge on any atom is -0.450 e. The van der Waals surface area contributed by atoms with Crippen LogP contribution in [0, 0.1) is 0 Å². The maximum Gasteiger partial charge on any atom is 0.406 e. The molecule has 2 aromatic carbocycles. The van der Waals surface area contributed by atoms with Crippen LogP contribution in [0.4, 0.5) is 4.79 Å². The third-order valence-corrected chi connectivity index (χ3v) is 5.70. The summed E-state index contributed by atoms with van der Waals surface area (Å²) in [5.74, 6) is -0.802. The van der Waals surface area contributed by atoms with Crippen molar-refractivity contribution in [3.63, 3.8) is 0 Å². The van der Waals surface area contributed by atoms with E-state index in [1.54, 1.807) is 48.5 Å². The van der Waals surface area contributed by atoms with E-state index in [0.717, 1.165) is 12.8 Å². The first-order valence-electron chi connectivity index (χ1n) is 11.7. The molecule has 0 bridgehead atoms. The zero-order chi connectivity index (χ0) is 25.4. The van der Waals surface area contributed by atoms with Gasteiger partial charge in [0.25, 0.3) is 23.6 Å². The lowest BCUT2D eigenvalue weighted by Crippen LogP contribution is -2.31. The van der Waals surface area contributed by atoms with E-state index in [2.05, 4.69) is 5.32 Å². The van der Waals surface area contributed by atoms with Crippen LogP contribution >= 0.6 is 0 Å². The topological polar surface area (TPSA) is 113 Å². The number of imide groups is 2. The van der Waals surface area contributed by atoms with Crippen LogP contribution in [-0.4, -0.2) is 66.3 Å². The van der Waals surface area contributed by atoms with Gasteiger partial charge in [0.2, 0.25) is 0 Å². The summed E-state index contributed by atoms with van der Waals surface area (Å²) in [6.07, 6.45) is 2.56. The molecular weight excluding hydrogens is 450 g/mol. The lowest BCUT2D eigenvalue weighted by atomic mass is 10.1. The van der Waals surface area contributed by atoms with Crippen molar-refractivity contribution in [3.8, 4) is 0 Å². The van der Waals surface area contributed by atoms with Gasteiger partial charge in [0.05, 0.1) is 28.9 Å². The van der Waals surface area contributed by atoms with Crippen LogP contribution in [0.1, 0.15) is 74.0 Å². The van der Waals surface area contributed by atoms with Gasteiger partial charge in [0, 0.05) is 20.1 Å². The predicted octanol–water partition coefficient (Wildman–Crippen LogP) is 3.50. The molecule has 0 aliphatic carbocycles. The van der Waals surface area contributed by atoms with Gasteiger partial charge in [-0.25, -0.2) is 4.79 Å². The Hall–Kier alpha value is -4.01. The van der Waals surface area contributed by atoms with E-state index >= 15 is 0 Å².